The molecule has 2 rings (SSSR count). The third-order valence-corrected chi connectivity index (χ3v) is 2.45. The number of anilines is 1. The van der Waals surface area contributed by atoms with Crippen molar-refractivity contribution in [2.75, 3.05) is 19.0 Å². The number of aromatic nitrogens is 3. The fourth-order valence-corrected chi connectivity index (χ4v) is 1.57. The molecule has 20 heavy (non-hydrogen) atoms. The maximum Gasteiger partial charge on any atom is 0.321 e. The minimum absolute atomic E-state index is 0.0214. The zero-order chi connectivity index (χ0) is 14.5. The van der Waals surface area contributed by atoms with Crippen molar-refractivity contribution in [2.24, 2.45) is 0 Å². The molecule has 0 atom stereocenters. The third kappa shape index (κ3) is 2.97. The molecular formula is C12H13N5O3. The zero-order valence-corrected chi connectivity index (χ0v) is 11.0. The Morgan fingerprint density at radius 1 is 1.35 bits per heavy atom. The summed E-state index contributed by atoms with van der Waals surface area (Å²) >= 11 is 0. The van der Waals surface area contributed by atoms with Gasteiger partial charge in [0.15, 0.2) is 5.82 Å². The molecule has 0 bridgehead atoms. The van der Waals surface area contributed by atoms with E-state index in [1.165, 1.54) is 19.2 Å². The van der Waals surface area contributed by atoms with Crippen LogP contribution in [0.4, 0.5) is 11.6 Å². The number of nitro benzene ring substituents is 1. The smallest absolute Gasteiger partial charge is 0.321 e. The molecule has 2 aromatic rings. The number of ether oxygens (including phenoxy) is 1. The van der Waals surface area contributed by atoms with Gasteiger partial charge in [-0.25, -0.2) is 0 Å². The molecule has 8 nitrogen and oxygen atoms in total. The number of rotatable bonds is 5. The largest absolute Gasteiger partial charge is 0.467 e. The van der Waals surface area contributed by atoms with Gasteiger partial charge < -0.3 is 10.1 Å². The molecule has 0 spiro atoms. The van der Waals surface area contributed by atoms with Crippen LogP contribution in [0.3, 0.4) is 0 Å². The van der Waals surface area contributed by atoms with Crippen LogP contribution in [0.25, 0.3) is 11.4 Å². The molecule has 8 heteroatoms. The van der Waals surface area contributed by atoms with E-state index in [4.69, 9.17) is 4.74 Å². The predicted octanol–water partition coefficient (Wildman–Crippen LogP) is 1.89. The summed E-state index contributed by atoms with van der Waals surface area (Å²) in [6.07, 6.45) is 0. The van der Waals surface area contributed by atoms with Crippen LogP contribution in [0.2, 0.25) is 0 Å². The number of nitro groups is 1. The van der Waals surface area contributed by atoms with Crippen molar-refractivity contribution >= 4 is 11.6 Å². The lowest BCUT2D eigenvalue weighted by atomic mass is 10.2. The van der Waals surface area contributed by atoms with Crippen LogP contribution in [0.5, 0.6) is 6.01 Å². The van der Waals surface area contributed by atoms with Crippen LogP contribution in [0.1, 0.15) is 6.92 Å². The second kappa shape index (κ2) is 5.91. The van der Waals surface area contributed by atoms with E-state index in [9.17, 15) is 10.1 Å². The molecule has 0 aliphatic carbocycles. The first-order valence-electron chi connectivity index (χ1n) is 5.92. The first-order chi connectivity index (χ1) is 9.63. The summed E-state index contributed by atoms with van der Waals surface area (Å²) in [6.45, 7) is 2.55. The van der Waals surface area contributed by atoms with Gasteiger partial charge >= 0.3 is 6.01 Å². The molecule has 0 saturated carbocycles. The van der Waals surface area contributed by atoms with Crippen LogP contribution in [0.15, 0.2) is 24.3 Å². The van der Waals surface area contributed by atoms with Gasteiger partial charge in [-0.1, -0.05) is 12.1 Å². The van der Waals surface area contributed by atoms with Gasteiger partial charge in [0.25, 0.3) is 5.69 Å². The minimum Gasteiger partial charge on any atom is -0.467 e. The molecule has 1 aromatic heterocycles. The fraction of sp³-hybridized carbons (Fsp3) is 0.250. The topological polar surface area (TPSA) is 103 Å². The third-order valence-electron chi connectivity index (χ3n) is 2.45. The average molecular weight is 275 g/mol. The van der Waals surface area contributed by atoms with E-state index in [-0.39, 0.29) is 11.7 Å². The molecule has 0 fully saturated rings. The molecule has 0 amide bonds. The summed E-state index contributed by atoms with van der Waals surface area (Å²) in [4.78, 5) is 22.7. The highest BCUT2D eigenvalue weighted by atomic mass is 16.6. The van der Waals surface area contributed by atoms with E-state index >= 15 is 0 Å². The van der Waals surface area contributed by atoms with Gasteiger partial charge in [-0.2, -0.15) is 15.0 Å². The Balaban J connectivity index is 2.48. The molecule has 0 saturated heterocycles. The quantitative estimate of drug-likeness (QED) is 0.656. The Hall–Kier alpha value is -2.77. The van der Waals surface area contributed by atoms with Gasteiger partial charge in [-0.05, 0) is 6.92 Å². The average Bonchev–Trinajstić information content (AvgIpc) is 2.47. The minimum atomic E-state index is -0.465. The lowest BCUT2D eigenvalue weighted by Gasteiger charge is -2.06. The number of hydrogen-bond donors (Lipinski definition) is 1. The molecule has 1 heterocycles. The molecule has 0 unspecified atom stereocenters. The SMILES string of the molecule is CCNc1nc(OC)nc(-c2cccc([N+](=O)[O-])c2)n1. The van der Waals surface area contributed by atoms with E-state index in [1.807, 2.05) is 6.92 Å². The van der Waals surface area contributed by atoms with Crippen molar-refractivity contribution < 1.29 is 9.66 Å². The Kier molecular flexibility index (Phi) is 4.04. The predicted molar refractivity (Wildman–Crippen MR) is 72.6 cm³/mol. The summed E-state index contributed by atoms with van der Waals surface area (Å²) in [7, 11) is 1.45. The first kappa shape index (κ1) is 13.7. The maximum absolute atomic E-state index is 10.8. The van der Waals surface area contributed by atoms with Crippen molar-refractivity contribution in [2.45, 2.75) is 6.92 Å². The fourth-order valence-electron chi connectivity index (χ4n) is 1.57. The Bertz CT molecular complexity index is 632. The molecule has 1 N–H and O–H groups in total. The number of hydrogen-bond acceptors (Lipinski definition) is 7. The Morgan fingerprint density at radius 2 is 2.15 bits per heavy atom. The number of nitrogens with one attached hydrogen (secondary N) is 1. The summed E-state index contributed by atoms with van der Waals surface area (Å²) in [5.74, 6) is 0.678. The molecule has 0 radical (unpaired) electrons. The van der Waals surface area contributed by atoms with Gasteiger partial charge in [-0.15, -0.1) is 0 Å². The highest BCUT2D eigenvalue weighted by Gasteiger charge is 2.12. The molecule has 0 aliphatic heterocycles. The van der Waals surface area contributed by atoms with Gasteiger partial charge in [0.05, 0.1) is 12.0 Å². The normalized spacial score (nSPS) is 10.1. The van der Waals surface area contributed by atoms with Crippen molar-refractivity contribution in [3.63, 3.8) is 0 Å². The standard InChI is InChI=1S/C12H13N5O3/c1-3-13-11-14-10(15-12(16-11)20-2)8-5-4-6-9(7-8)17(18)19/h4-7H,3H2,1-2H3,(H,13,14,15,16). The maximum atomic E-state index is 10.8. The van der Waals surface area contributed by atoms with Crippen LogP contribution in [0, 0.1) is 10.1 Å². The number of benzene rings is 1. The van der Waals surface area contributed by atoms with Gasteiger partial charge in [0.2, 0.25) is 5.95 Å². The highest BCUT2D eigenvalue weighted by molar-refractivity contribution is 5.60. The van der Waals surface area contributed by atoms with Crippen molar-refractivity contribution in [3.05, 3.63) is 34.4 Å². The summed E-state index contributed by atoms with van der Waals surface area (Å²) < 4.78 is 5.00. The lowest BCUT2D eigenvalue weighted by molar-refractivity contribution is -0.384. The molecule has 104 valence electrons. The summed E-state index contributed by atoms with van der Waals surface area (Å²) in [6, 6.07) is 6.24. The van der Waals surface area contributed by atoms with E-state index in [2.05, 4.69) is 20.3 Å². The highest BCUT2D eigenvalue weighted by Crippen LogP contribution is 2.22. The summed E-state index contributed by atoms with van der Waals surface area (Å²) in [5.41, 5.74) is 0.505. The van der Waals surface area contributed by atoms with Crippen molar-refractivity contribution in [1.82, 2.24) is 15.0 Å². The van der Waals surface area contributed by atoms with Crippen LogP contribution in [-0.2, 0) is 0 Å². The van der Waals surface area contributed by atoms with Crippen molar-refractivity contribution in [3.8, 4) is 17.4 Å². The number of methoxy groups -OCH3 is 1. The second-order valence-electron chi connectivity index (χ2n) is 3.81. The first-order valence-corrected chi connectivity index (χ1v) is 5.92. The van der Waals surface area contributed by atoms with Crippen molar-refractivity contribution in [1.29, 1.82) is 0 Å². The van der Waals surface area contributed by atoms with E-state index in [1.54, 1.807) is 12.1 Å². The lowest BCUT2D eigenvalue weighted by Crippen LogP contribution is -2.06. The molecule has 1 aromatic carbocycles. The zero-order valence-electron chi connectivity index (χ0n) is 11.0. The van der Waals surface area contributed by atoms with Gasteiger partial charge in [0, 0.05) is 24.2 Å². The number of non-ortho nitro benzene ring substituents is 1. The van der Waals surface area contributed by atoms with E-state index < -0.39 is 4.92 Å². The van der Waals surface area contributed by atoms with Crippen LogP contribution < -0.4 is 10.1 Å². The number of nitrogens with zero attached hydrogens (tertiary/aromatic N) is 4. The summed E-state index contributed by atoms with van der Waals surface area (Å²) in [5, 5.41) is 13.7. The van der Waals surface area contributed by atoms with Crippen LogP contribution in [-0.4, -0.2) is 33.5 Å². The molecule has 0 aliphatic rings. The van der Waals surface area contributed by atoms with E-state index in [0.29, 0.717) is 23.9 Å². The van der Waals surface area contributed by atoms with Gasteiger partial charge in [0.1, 0.15) is 0 Å². The Morgan fingerprint density at radius 3 is 2.80 bits per heavy atom. The Labute approximate surface area is 115 Å². The second-order valence-corrected chi connectivity index (χ2v) is 3.81. The van der Waals surface area contributed by atoms with Gasteiger partial charge in [-0.3, -0.25) is 10.1 Å². The van der Waals surface area contributed by atoms with Crippen LogP contribution >= 0.6 is 0 Å². The van der Waals surface area contributed by atoms with E-state index in [0.717, 1.165) is 0 Å². The molecular weight excluding hydrogens is 262 g/mol. The monoisotopic (exact) mass is 275 g/mol.